The average Bonchev–Trinajstić information content (AvgIpc) is 2.61. The maximum absolute atomic E-state index is 13.0. The van der Waals surface area contributed by atoms with E-state index in [2.05, 4.69) is 20.6 Å². The van der Waals surface area contributed by atoms with Crippen LogP contribution in [-0.2, 0) is 18.3 Å². The first-order chi connectivity index (χ1) is 13.6. The molecule has 2 rings (SSSR count). The van der Waals surface area contributed by atoms with Crippen LogP contribution in [0.5, 0.6) is 0 Å². The fourth-order valence-corrected chi connectivity index (χ4v) is 2.65. The number of rotatable bonds is 4. The number of hydrogen-bond acceptors (Lipinski definition) is 4. The van der Waals surface area contributed by atoms with Crippen molar-refractivity contribution in [3.63, 3.8) is 0 Å². The standard InChI is InChI=1S/C16H12Cl2F6N4O2/c1-14(30,16(22,23)24)8-2-9(17)11(10(18)3-8)28-13(29)27-6-7-4-25-12(26-5-7)15(19,20)21/h2-5,30H,6H2,1H3,(H2,27,28,29)/t14-/m0/s1. The van der Waals surface area contributed by atoms with Gasteiger partial charge in [0.05, 0.1) is 15.7 Å². The normalized spacial score (nSPS) is 14.2. The Kier molecular flexibility index (Phi) is 6.74. The summed E-state index contributed by atoms with van der Waals surface area (Å²) in [5.74, 6) is -1.34. The highest BCUT2D eigenvalue weighted by Gasteiger charge is 2.51. The minimum Gasteiger partial charge on any atom is -0.376 e. The highest BCUT2D eigenvalue weighted by Crippen LogP contribution is 2.42. The Morgan fingerprint density at radius 2 is 1.57 bits per heavy atom. The fraction of sp³-hybridized carbons (Fsp3) is 0.312. The summed E-state index contributed by atoms with van der Waals surface area (Å²) in [4.78, 5) is 18.2. The molecule has 3 N–H and O–H groups in total. The van der Waals surface area contributed by atoms with Gasteiger partial charge >= 0.3 is 18.4 Å². The summed E-state index contributed by atoms with van der Waals surface area (Å²) in [6, 6.07) is 0.676. The summed E-state index contributed by atoms with van der Waals surface area (Å²) < 4.78 is 76.1. The van der Waals surface area contributed by atoms with Crippen LogP contribution in [0.4, 0.5) is 36.8 Å². The predicted molar refractivity (Wildman–Crippen MR) is 95.0 cm³/mol. The highest BCUT2D eigenvalue weighted by atomic mass is 35.5. The Bertz CT molecular complexity index is 910. The second-order valence-corrected chi connectivity index (χ2v) is 6.92. The number of alkyl halides is 6. The van der Waals surface area contributed by atoms with E-state index in [-0.39, 0.29) is 27.8 Å². The molecule has 1 aromatic carbocycles. The average molecular weight is 477 g/mol. The van der Waals surface area contributed by atoms with Crippen LogP contribution in [0.15, 0.2) is 24.5 Å². The van der Waals surface area contributed by atoms with Crippen LogP contribution in [0.3, 0.4) is 0 Å². The number of anilines is 1. The van der Waals surface area contributed by atoms with Gasteiger partial charge in [0.15, 0.2) is 5.60 Å². The number of hydrogen-bond donors (Lipinski definition) is 3. The Morgan fingerprint density at radius 1 is 1.07 bits per heavy atom. The van der Waals surface area contributed by atoms with Gasteiger partial charge in [-0.3, -0.25) is 0 Å². The maximum atomic E-state index is 13.0. The number of amides is 2. The van der Waals surface area contributed by atoms with Crippen molar-refractivity contribution in [2.24, 2.45) is 0 Å². The molecule has 164 valence electrons. The predicted octanol–water partition coefficient (Wildman–Crippen LogP) is 4.89. The molecule has 0 aliphatic heterocycles. The topological polar surface area (TPSA) is 87.1 Å². The van der Waals surface area contributed by atoms with Crippen LogP contribution >= 0.6 is 23.2 Å². The van der Waals surface area contributed by atoms with Crippen molar-refractivity contribution in [2.75, 3.05) is 5.32 Å². The summed E-state index contributed by atoms with van der Waals surface area (Å²) >= 11 is 11.8. The molecule has 1 aromatic heterocycles. The molecular weight excluding hydrogens is 465 g/mol. The second-order valence-electron chi connectivity index (χ2n) is 6.11. The third-order valence-electron chi connectivity index (χ3n) is 3.81. The summed E-state index contributed by atoms with van der Waals surface area (Å²) in [6.07, 6.45) is -7.98. The molecular formula is C16H12Cl2F6N4O2. The second kappa shape index (κ2) is 8.44. The van der Waals surface area contributed by atoms with E-state index in [1.807, 2.05) is 0 Å². The lowest BCUT2D eigenvalue weighted by atomic mass is 9.95. The molecule has 14 heteroatoms. The van der Waals surface area contributed by atoms with Crippen molar-refractivity contribution in [1.29, 1.82) is 0 Å². The number of benzene rings is 1. The van der Waals surface area contributed by atoms with Crippen LogP contribution in [-0.4, -0.2) is 27.3 Å². The third kappa shape index (κ3) is 5.43. The van der Waals surface area contributed by atoms with E-state index in [1.54, 1.807) is 0 Å². The van der Waals surface area contributed by atoms with Gasteiger partial charge < -0.3 is 15.7 Å². The zero-order valence-corrected chi connectivity index (χ0v) is 16.3. The Hall–Kier alpha value is -2.31. The zero-order chi connectivity index (χ0) is 22.9. The lowest BCUT2D eigenvalue weighted by Crippen LogP contribution is -2.39. The summed E-state index contributed by atoms with van der Waals surface area (Å²) in [6.45, 7) is 0.251. The number of halogens is 8. The molecule has 1 heterocycles. The van der Waals surface area contributed by atoms with E-state index in [0.717, 1.165) is 24.5 Å². The SMILES string of the molecule is C[C@](O)(c1cc(Cl)c(NC(=O)NCc2cnc(C(F)(F)F)nc2)c(Cl)c1)C(F)(F)F. The number of nitrogens with one attached hydrogen (secondary N) is 2. The van der Waals surface area contributed by atoms with Gasteiger partial charge in [-0.25, -0.2) is 14.8 Å². The molecule has 2 amide bonds. The van der Waals surface area contributed by atoms with Crippen LogP contribution in [0.1, 0.15) is 23.9 Å². The van der Waals surface area contributed by atoms with Crippen LogP contribution in [0.25, 0.3) is 0 Å². The molecule has 30 heavy (non-hydrogen) atoms. The maximum Gasteiger partial charge on any atom is 0.451 e. The van der Waals surface area contributed by atoms with Crippen molar-refractivity contribution in [1.82, 2.24) is 15.3 Å². The van der Waals surface area contributed by atoms with E-state index in [9.17, 15) is 36.2 Å². The highest BCUT2D eigenvalue weighted by molar-refractivity contribution is 6.39. The lowest BCUT2D eigenvalue weighted by Gasteiger charge is -2.27. The van der Waals surface area contributed by atoms with E-state index in [1.165, 1.54) is 0 Å². The van der Waals surface area contributed by atoms with E-state index in [4.69, 9.17) is 23.2 Å². The number of carbonyl (C=O) groups excluding carboxylic acids is 1. The molecule has 0 radical (unpaired) electrons. The smallest absolute Gasteiger partial charge is 0.376 e. The molecule has 0 saturated heterocycles. The van der Waals surface area contributed by atoms with Gasteiger partial charge in [0, 0.05) is 24.5 Å². The quantitative estimate of drug-likeness (QED) is 0.548. The van der Waals surface area contributed by atoms with Crippen LogP contribution in [0.2, 0.25) is 10.0 Å². The van der Waals surface area contributed by atoms with E-state index < -0.39 is 35.4 Å². The minimum absolute atomic E-state index is 0.145. The molecule has 0 aliphatic carbocycles. The number of aliphatic hydroxyl groups is 1. The Labute approximate surface area is 175 Å². The number of aromatic nitrogens is 2. The summed E-state index contributed by atoms with van der Waals surface area (Å²) in [7, 11) is 0. The van der Waals surface area contributed by atoms with Gasteiger partial charge in [-0.2, -0.15) is 26.3 Å². The lowest BCUT2D eigenvalue weighted by molar-refractivity contribution is -0.258. The summed E-state index contributed by atoms with van der Waals surface area (Å²) in [5, 5.41) is 13.4. The van der Waals surface area contributed by atoms with Crippen molar-refractivity contribution in [2.45, 2.75) is 31.4 Å². The molecule has 0 bridgehead atoms. The first-order valence-electron chi connectivity index (χ1n) is 7.84. The fourth-order valence-electron chi connectivity index (χ4n) is 2.07. The molecule has 0 aliphatic rings. The first-order valence-corrected chi connectivity index (χ1v) is 8.60. The molecule has 0 fully saturated rings. The van der Waals surface area contributed by atoms with E-state index in [0.29, 0.717) is 6.92 Å². The molecule has 0 unspecified atom stereocenters. The Morgan fingerprint density at radius 3 is 2.00 bits per heavy atom. The molecule has 6 nitrogen and oxygen atoms in total. The van der Waals surface area contributed by atoms with Crippen molar-refractivity contribution in [3.8, 4) is 0 Å². The van der Waals surface area contributed by atoms with Gasteiger partial charge in [0.2, 0.25) is 5.82 Å². The van der Waals surface area contributed by atoms with Crippen molar-refractivity contribution >= 4 is 34.9 Å². The molecule has 2 aromatic rings. The number of carbonyl (C=O) groups is 1. The number of urea groups is 1. The van der Waals surface area contributed by atoms with Gasteiger partial charge in [-0.15, -0.1) is 0 Å². The molecule has 1 atom stereocenters. The largest absolute Gasteiger partial charge is 0.451 e. The van der Waals surface area contributed by atoms with Crippen LogP contribution < -0.4 is 10.6 Å². The monoisotopic (exact) mass is 476 g/mol. The van der Waals surface area contributed by atoms with Gasteiger partial charge in [0.1, 0.15) is 0 Å². The van der Waals surface area contributed by atoms with Crippen LogP contribution in [0, 0.1) is 0 Å². The molecule has 0 saturated carbocycles. The summed E-state index contributed by atoms with van der Waals surface area (Å²) in [5.41, 5.74) is -3.96. The van der Waals surface area contributed by atoms with Crippen molar-refractivity contribution in [3.05, 3.63) is 51.5 Å². The third-order valence-corrected chi connectivity index (χ3v) is 4.40. The van der Waals surface area contributed by atoms with Gasteiger partial charge in [-0.1, -0.05) is 23.2 Å². The van der Waals surface area contributed by atoms with Gasteiger partial charge in [0.25, 0.3) is 0 Å². The van der Waals surface area contributed by atoms with Gasteiger partial charge in [-0.05, 0) is 24.6 Å². The van der Waals surface area contributed by atoms with Crippen molar-refractivity contribution < 1.29 is 36.2 Å². The zero-order valence-electron chi connectivity index (χ0n) is 14.8. The van der Waals surface area contributed by atoms with E-state index >= 15 is 0 Å². The number of nitrogens with zero attached hydrogens (tertiary/aromatic N) is 2. The molecule has 0 spiro atoms. The first kappa shape index (κ1) is 24.0. The Balaban J connectivity index is 2.08. The minimum atomic E-state index is -5.00.